The van der Waals surface area contributed by atoms with Gasteiger partial charge in [0.1, 0.15) is 0 Å². The van der Waals surface area contributed by atoms with Crippen molar-refractivity contribution in [1.29, 1.82) is 0 Å². The van der Waals surface area contributed by atoms with Crippen LogP contribution >= 0.6 is 27.3 Å². The van der Waals surface area contributed by atoms with Crippen molar-refractivity contribution < 1.29 is 13.2 Å². The minimum atomic E-state index is -3.54. The maximum absolute atomic E-state index is 12.7. The first-order valence-electron chi connectivity index (χ1n) is 8.17. The number of benzene rings is 1. The number of pyridine rings is 1. The second-order valence-corrected chi connectivity index (χ2v) is 9.47. The molecular formula is C17H17BrN4O3S2. The Labute approximate surface area is 169 Å². The fourth-order valence-electron chi connectivity index (χ4n) is 2.54. The van der Waals surface area contributed by atoms with Crippen LogP contribution in [0.4, 0.5) is 5.13 Å². The summed E-state index contributed by atoms with van der Waals surface area (Å²) in [7, 11) is -3.54. The quantitative estimate of drug-likeness (QED) is 0.594. The van der Waals surface area contributed by atoms with E-state index in [1.54, 1.807) is 44.3 Å². The Morgan fingerprint density at radius 3 is 2.63 bits per heavy atom. The van der Waals surface area contributed by atoms with Crippen molar-refractivity contribution in [2.75, 3.05) is 18.4 Å². The lowest BCUT2D eigenvalue weighted by molar-refractivity contribution is 0.102. The third-order valence-electron chi connectivity index (χ3n) is 3.89. The maximum atomic E-state index is 12.7. The largest absolute Gasteiger partial charge is 0.298 e. The Kier molecular flexibility index (Phi) is 5.89. The smallest absolute Gasteiger partial charge is 0.259 e. The summed E-state index contributed by atoms with van der Waals surface area (Å²) in [5, 5.41) is 3.12. The highest BCUT2D eigenvalue weighted by Crippen LogP contribution is 2.29. The molecule has 0 aliphatic heterocycles. The zero-order valence-corrected chi connectivity index (χ0v) is 17.9. The minimum Gasteiger partial charge on any atom is -0.298 e. The van der Waals surface area contributed by atoms with Crippen molar-refractivity contribution in [2.45, 2.75) is 18.7 Å². The van der Waals surface area contributed by atoms with Crippen molar-refractivity contribution >= 4 is 58.5 Å². The summed E-state index contributed by atoms with van der Waals surface area (Å²) in [5.74, 6) is -0.334. The van der Waals surface area contributed by atoms with E-state index in [2.05, 4.69) is 31.2 Å². The van der Waals surface area contributed by atoms with Crippen LogP contribution in [0, 0.1) is 0 Å². The summed E-state index contributed by atoms with van der Waals surface area (Å²) in [6.45, 7) is 4.41. The third-order valence-corrected chi connectivity index (χ3v) is 7.30. The van der Waals surface area contributed by atoms with Crippen LogP contribution < -0.4 is 5.32 Å². The van der Waals surface area contributed by atoms with Gasteiger partial charge in [-0.25, -0.2) is 13.4 Å². The highest BCUT2D eigenvalue weighted by Gasteiger charge is 2.22. The molecule has 2 heterocycles. The Hall–Kier alpha value is -1.88. The zero-order chi connectivity index (χ0) is 19.6. The van der Waals surface area contributed by atoms with Gasteiger partial charge in [0.25, 0.3) is 5.91 Å². The van der Waals surface area contributed by atoms with Gasteiger partial charge >= 0.3 is 0 Å². The molecule has 27 heavy (non-hydrogen) atoms. The summed E-state index contributed by atoms with van der Waals surface area (Å²) in [4.78, 5) is 20.9. The van der Waals surface area contributed by atoms with E-state index in [0.717, 1.165) is 0 Å². The van der Waals surface area contributed by atoms with Crippen LogP contribution in [0.15, 0.2) is 46.0 Å². The summed E-state index contributed by atoms with van der Waals surface area (Å²) in [5.41, 5.74) is 1.02. The van der Waals surface area contributed by atoms with Crippen LogP contribution in [0.5, 0.6) is 0 Å². The normalized spacial score (nSPS) is 11.9. The predicted molar refractivity (Wildman–Crippen MR) is 110 cm³/mol. The van der Waals surface area contributed by atoms with Gasteiger partial charge in [0.05, 0.1) is 20.7 Å². The van der Waals surface area contributed by atoms with Gasteiger partial charge in [0.2, 0.25) is 10.0 Å². The highest BCUT2D eigenvalue weighted by molar-refractivity contribution is 9.10. The van der Waals surface area contributed by atoms with Crippen LogP contribution in [0.1, 0.15) is 24.2 Å². The summed E-state index contributed by atoms with van der Waals surface area (Å²) >= 11 is 4.50. The van der Waals surface area contributed by atoms with Gasteiger partial charge in [-0.3, -0.25) is 15.1 Å². The van der Waals surface area contributed by atoms with E-state index in [9.17, 15) is 13.2 Å². The van der Waals surface area contributed by atoms with E-state index in [1.807, 2.05) is 0 Å². The van der Waals surface area contributed by atoms with E-state index < -0.39 is 10.0 Å². The van der Waals surface area contributed by atoms with E-state index in [0.29, 0.717) is 38.5 Å². The average Bonchev–Trinajstić information content (AvgIpc) is 3.03. The second-order valence-electron chi connectivity index (χ2n) is 5.58. The highest BCUT2D eigenvalue weighted by atomic mass is 79.9. The number of amides is 1. The van der Waals surface area contributed by atoms with Gasteiger partial charge in [-0.1, -0.05) is 25.2 Å². The summed E-state index contributed by atoms with van der Waals surface area (Å²) in [6, 6.07) is 6.44. The van der Waals surface area contributed by atoms with Crippen molar-refractivity contribution in [1.82, 2.24) is 14.3 Å². The Morgan fingerprint density at radius 1 is 1.22 bits per heavy atom. The molecule has 0 bridgehead atoms. The molecule has 1 aromatic carbocycles. The van der Waals surface area contributed by atoms with Crippen molar-refractivity contribution in [3.8, 4) is 0 Å². The third kappa shape index (κ3) is 4.18. The molecule has 1 amide bonds. The van der Waals surface area contributed by atoms with Crippen LogP contribution in [0.25, 0.3) is 10.2 Å². The molecule has 0 aliphatic rings. The number of anilines is 1. The number of carbonyl (C=O) groups is 1. The number of aromatic nitrogens is 2. The Morgan fingerprint density at radius 2 is 1.96 bits per heavy atom. The molecule has 10 heteroatoms. The predicted octanol–water partition coefficient (Wildman–Crippen LogP) is 3.74. The van der Waals surface area contributed by atoms with Crippen molar-refractivity contribution in [2.24, 2.45) is 0 Å². The van der Waals surface area contributed by atoms with Gasteiger partial charge < -0.3 is 0 Å². The second kappa shape index (κ2) is 8.01. The maximum Gasteiger partial charge on any atom is 0.259 e. The number of hydrogen-bond acceptors (Lipinski definition) is 6. The number of nitrogens with one attached hydrogen (secondary N) is 1. The number of nitrogens with zero attached hydrogens (tertiary/aromatic N) is 3. The molecular weight excluding hydrogens is 452 g/mol. The monoisotopic (exact) mass is 468 g/mol. The number of fused-ring (bicyclic) bond motifs is 1. The van der Waals surface area contributed by atoms with Crippen LogP contribution in [-0.2, 0) is 10.0 Å². The molecule has 0 spiro atoms. The number of halogens is 1. The lowest BCUT2D eigenvalue weighted by Gasteiger charge is -2.18. The average molecular weight is 469 g/mol. The lowest BCUT2D eigenvalue weighted by atomic mass is 10.3. The molecule has 0 saturated carbocycles. The molecule has 3 aromatic rings. The summed E-state index contributed by atoms with van der Waals surface area (Å²) < 4.78 is 28.1. The van der Waals surface area contributed by atoms with Gasteiger partial charge in [-0.05, 0) is 40.2 Å². The molecule has 0 fully saturated rings. The number of carbonyl (C=O) groups excluding carboxylic acids is 1. The lowest BCUT2D eigenvalue weighted by Crippen LogP contribution is -2.30. The molecule has 0 atom stereocenters. The van der Waals surface area contributed by atoms with E-state index in [-0.39, 0.29) is 10.8 Å². The molecule has 7 nitrogen and oxygen atoms in total. The molecule has 1 N–H and O–H groups in total. The number of thiazole rings is 1. The molecule has 0 saturated heterocycles. The minimum absolute atomic E-state index is 0.219. The van der Waals surface area contributed by atoms with Crippen molar-refractivity contribution in [3.05, 3.63) is 46.7 Å². The fourth-order valence-corrected chi connectivity index (χ4v) is 5.36. The number of rotatable bonds is 6. The van der Waals surface area contributed by atoms with E-state index in [1.165, 1.54) is 21.8 Å². The van der Waals surface area contributed by atoms with Gasteiger partial charge in [-0.2, -0.15) is 4.31 Å². The van der Waals surface area contributed by atoms with Crippen molar-refractivity contribution in [3.63, 3.8) is 0 Å². The molecule has 2 aromatic heterocycles. The molecule has 0 unspecified atom stereocenters. The van der Waals surface area contributed by atoms with Crippen LogP contribution in [0.3, 0.4) is 0 Å². The molecule has 0 radical (unpaired) electrons. The Bertz CT molecular complexity index is 1090. The van der Waals surface area contributed by atoms with Gasteiger partial charge in [0, 0.05) is 30.0 Å². The first-order chi connectivity index (χ1) is 12.8. The molecule has 142 valence electrons. The van der Waals surface area contributed by atoms with E-state index >= 15 is 0 Å². The van der Waals surface area contributed by atoms with Crippen LogP contribution in [-0.4, -0.2) is 41.7 Å². The van der Waals surface area contributed by atoms with Crippen LogP contribution in [0.2, 0.25) is 0 Å². The standard InChI is InChI=1S/C17H17BrN4O3S2/c1-3-22(4-2)27(24,25)13-5-6-14-15(8-13)26-17(20-14)21-16(23)11-7-12(18)10-19-9-11/h5-10H,3-4H2,1-2H3,(H,20,21,23). The number of hydrogen-bond donors (Lipinski definition) is 1. The first-order valence-corrected chi connectivity index (χ1v) is 11.2. The van der Waals surface area contributed by atoms with Gasteiger partial charge in [0.15, 0.2) is 5.13 Å². The summed E-state index contributed by atoms with van der Waals surface area (Å²) in [6.07, 6.45) is 3.05. The SMILES string of the molecule is CCN(CC)S(=O)(=O)c1ccc2nc(NC(=O)c3cncc(Br)c3)sc2c1. The van der Waals surface area contributed by atoms with E-state index in [4.69, 9.17) is 0 Å². The van der Waals surface area contributed by atoms with Gasteiger partial charge in [-0.15, -0.1) is 0 Å². The fraction of sp³-hybridized carbons (Fsp3) is 0.235. The topological polar surface area (TPSA) is 92.3 Å². The first kappa shape index (κ1) is 19.9. The number of sulfonamides is 1. The molecule has 3 rings (SSSR count). The Balaban J connectivity index is 1.89. The molecule has 0 aliphatic carbocycles. The zero-order valence-electron chi connectivity index (χ0n) is 14.6.